The van der Waals surface area contributed by atoms with Crippen molar-refractivity contribution in [2.24, 2.45) is 0 Å². The molecule has 0 atom stereocenters. The lowest BCUT2D eigenvalue weighted by molar-refractivity contribution is -0.141. The molecular formula is C12H7F4NO3S. The average molecular weight is 321 g/mol. The summed E-state index contributed by atoms with van der Waals surface area (Å²) in [5, 5.41) is 8.44. The highest BCUT2D eigenvalue weighted by Gasteiger charge is 2.40. The molecule has 1 aromatic heterocycles. The van der Waals surface area contributed by atoms with Gasteiger partial charge in [-0.3, -0.25) is 0 Å². The number of alkyl halides is 3. The molecule has 0 radical (unpaired) electrons. The molecule has 1 N–H and O–H groups in total. The lowest BCUT2D eigenvalue weighted by Gasteiger charge is -2.03. The predicted octanol–water partition coefficient (Wildman–Crippen LogP) is 3.67. The summed E-state index contributed by atoms with van der Waals surface area (Å²) in [4.78, 5) is 13.1. The van der Waals surface area contributed by atoms with Gasteiger partial charge in [0.1, 0.15) is 21.5 Å². The van der Waals surface area contributed by atoms with Crippen LogP contribution in [0, 0.1) is 5.82 Å². The maximum absolute atomic E-state index is 13.8. The van der Waals surface area contributed by atoms with Crippen molar-refractivity contribution >= 4 is 17.3 Å². The maximum atomic E-state index is 13.8. The van der Waals surface area contributed by atoms with Crippen LogP contribution in [0.3, 0.4) is 0 Å². The Bertz CT molecular complexity index is 696. The number of thiazole rings is 1. The van der Waals surface area contributed by atoms with E-state index in [4.69, 9.17) is 9.84 Å². The van der Waals surface area contributed by atoms with E-state index in [1.54, 1.807) is 0 Å². The van der Waals surface area contributed by atoms with E-state index in [1.165, 1.54) is 19.2 Å². The van der Waals surface area contributed by atoms with Crippen LogP contribution in [-0.2, 0) is 6.18 Å². The second-order valence-electron chi connectivity index (χ2n) is 3.85. The molecule has 4 nitrogen and oxygen atoms in total. The van der Waals surface area contributed by atoms with Crippen molar-refractivity contribution < 1.29 is 32.2 Å². The van der Waals surface area contributed by atoms with Crippen LogP contribution < -0.4 is 4.74 Å². The molecule has 0 aliphatic rings. The molecule has 0 aliphatic carbocycles. The number of benzene rings is 1. The summed E-state index contributed by atoms with van der Waals surface area (Å²) >= 11 is 0.264. The molecule has 1 heterocycles. The SMILES string of the molecule is COc1ccc(-c2nc(C(F)(F)F)c(C(=O)O)s2)c(F)c1. The van der Waals surface area contributed by atoms with Gasteiger partial charge in [-0.15, -0.1) is 11.3 Å². The summed E-state index contributed by atoms with van der Waals surface area (Å²) in [6.45, 7) is 0. The summed E-state index contributed by atoms with van der Waals surface area (Å²) in [5.74, 6) is -2.43. The van der Waals surface area contributed by atoms with Crippen LogP contribution in [-0.4, -0.2) is 23.2 Å². The number of nitrogens with zero attached hydrogens (tertiary/aromatic N) is 1. The van der Waals surface area contributed by atoms with Gasteiger partial charge in [-0.25, -0.2) is 14.2 Å². The quantitative estimate of drug-likeness (QED) is 0.876. The first kappa shape index (κ1) is 15.2. The second kappa shape index (κ2) is 5.32. The first-order valence-electron chi connectivity index (χ1n) is 5.39. The number of carboxylic acid groups (broad SMARTS) is 1. The van der Waals surface area contributed by atoms with Gasteiger partial charge in [-0.05, 0) is 12.1 Å². The fourth-order valence-corrected chi connectivity index (χ4v) is 2.52. The largest absolute Gasteiger partial charge is 0.497 e. The number of halogens is 4. The molecule has 0 saturated carbocycles. The molecule has 9 heteroatoms. The van der Waals surface area contributed by atoms with Gasteiger partial charge in [0.05, 0.1) is 7.11 Å². The molecule has 0 bridgehead atoms. The monoisotopic (exact) mass is 321 g/mol. The van der Waals surface area contributed by atoms with Crippen molar-refractivity contribution in [3.05, 3.63) is 34.6 Å². The highest BCUT2D eigenvalue weighted by molar-refractivity contribution is 7.17. The van der Waals surface area contributed by atoms with E-state index in [2.05, 4.69) is 4.98 Å². The van der Waals surface area contributed by atoms with Crippen LogP contribution in [0.5, 0.6) is 5.75 Å². The van der Waals surface area contributed by atoms with Gasteiger partial charge in [-0.2, -0.15) is 13.2 Å². The number of carbonyl (C=O) groups is 1. The van der Waals surface area contributed by atoms with E-state index < -0.39 is 28.5 Å². The third-order valence-corrected chi connectivity index (χ3v) is 3.57. The Labute approximate surface area is 119 Å². The fraction of sp³-hybridized carbons (Fsp3) is 0.167. The normalized spacial score (nSPS) is 11.5. The zero-order valence-electron chi connectivity index (χ0n) is 10.4. The summed E-state index contributed by atoms with van der Waals surface area (Å²) in [6, 6.07) is 3.50. The summed E-state index contributed by atoms with van der Waals surface area (Å²) in [5.41, 5.74) is -1.76. The molecule has 112 valence electrons. The molecule has 0 spiro atoms. The van der Waals surface area contributed by atoms with Gasteiger partial charge in [-0.1, -0.05) is 0 Å². The van der Waals surface area contributed by atoms with Crippen molar-refractivity contribution in [2.75, 3.05) is 7.11 Å². The van der Waals surface area contributed by atoms with Crippen LogP contribution in [0.15, 0.2) is 18.2 Å². The van der Waals surface area contributed by atoms with Gasteiger partial charge >= 0.3 is 12.1 Å². The Hall–Kier alpha value is -2.16. The number of aromatic nitrogens is 1. The molecule has 2 rings (SSSR count). The number of carboxylic acids is 1. The molecule has 1 aromatic carbocycles. The van der Waals surface area contributed by atoms with Crippen LogP contribution in [0.1, 0.15) is 15.4 Å². The van der Waals surface area contributed by atoms with E-state index in [9.17, 15) is 22.4 Å². The molecule has 0 aliphatic heterocycles. The molecular weight excluding hydrogens is 314 g/mol. The van der Waals surface area contributed by atoms with E-state index in [1.807, 2.05) is 0 Å². The first-order chi connectivity index (χ1) is 9.74. The lowest BCUT2D eigenvalue weighted by atomic mass is 10.2. The van der Waals surface area contributed by atoms with Crippen molar-refractivity contribution in [1.29, 1.82) is 0 Å². The highest BCUT2D eigenvalue weighted by atomic mass is 32.1. The summed E-state index contributed by atoms with van der Waals surface area (Å²) < 4.78 is 56.8. The van der Waals surface area contributed by atoms with Crippen molar-refractivity contribution in [2.45, 2.75) is 6.18 Å². The number of hydrogen-bond donors (Lipinski definition) is 1. The van der Waals surface area contributed by atoms with Gasteiger partial charge in [0, 0.05) is 11.6 Å². The van der Waals surface area contributed by atoms with Gasteiger partial charge in [0.15, 0.2) is 5.69 Å². The number of methoxy groups -OCH3 is 1. The molecule has 0 amide bonds. The van der Waals surface area contributed by atoms with Crippen molar-refractivity contribution in [1.82, 2.24) is 4.98 Å². The average Bonchev–Trinajstić information content (AvgIpc) is 2.83. The van der Waals surface area contributed by atoms with Crippen LogP contribution >= 0.6 is 11.3 Å². The Morgan fingerprint density at radius 2 is 2.05 bits per heavy atom. The van der Waals surface area contributed by atoms with Gasteiger partial charge in [0.2, 0.25) is 0 Å². The summed E-state index contributed by atoms with van der Waals surface area (Å²) in [7, 11) is 1.31. The van der Waals surface area contributed by atoms with E-state index in [0.29, 0.717) is 0 Å². The third kappa shape index (κ3) is 2.97. The minimum absolute atomic E-state index is 0.183. The Morgan fingerprint density at radius 1 is 1.38 bits per heavy atom. The van der Waals surface area contributed by atoms with E-state index in [0.717, 1.165) is 6.07 Å². The number of aromatic carboxylic acids is 1. The van der Waals surface area contributed by atoms with Crippen LogP contribution in [0.2, 0.25) is 0 Å². The predicted molar refractivity (Wildman–Crippen MR) is 66.0 cm³/mol. The van der Waals surface area contributed by atoms with Gasteiger partial charge < -0.3 is 9.84 Å². The molecule has 2 aromatic rings. The zero-order valence-corrected chi connectivity index (χ0v) is 11.2. The first-order valence-corrected chi connectivity index (χ1v) is 6.21. The van der Waals surface area contributed by atoms with Gasteiger partial charge in [0.25, 0.3) is 0 Å². The Kier molecular flexibility index (Phi) is 3.86. The number of ether oxygens (including phenoxy) is 1. The van der Waals surface area contributed by atoms with Crippen LogP contribution in [0.25, 0.3) is 10.6 Å². The highest BCUT2D eigenvalue weighted by Crippen LogP contribution is 2.38. The smallest absolute Gasteiger partial charge is 0.435 e. The van der Waals surface area contributed by atoms with Crippen molar-refractivity contribution in [3.8, 4) is 16.3 Å². The standard InChI is InChI=1S/C12H7F4NO3S/c1-20-5-2-3-6(7(13)4-5)10-17-9(12(14,15)16)8(21-10)11(18)19/h2-4H,1H3,(H,18,19). The lowest BCUT2D eigenvalue weighted by Crippen LogP contribution is -2.11. The van der Waals surface area contributed by atoms with Crippen molar-refractivity contribution in [3.63, 3.8) is 0 Å². The topological polar surface area (TPSA) is 59.4 Å². The Morgan fingerprint density at radius 3 is 2.48 bits per heavy atom. The zero-order chi connectivity index (χ0) is 15.8. The molecule has 0 unspecified atom stereocenters. The minimum Gasteiger partial charge on any atom is -0.497 e. The fourth-order valence-electron chi connectivity index (χ4n) is 1.57. The van der Waals surface area contributed by atoms with E-state index >= 15 is 0 Å². The Balaban J connectivity index is 2.58. The molecule has 21 heavy (non-hydrogen) atoms. The molecule has 0 saturated heterocycles. The van der Waals surface area contributed by atoms with Crippen LogP contribution in [0.4, 0.5) is 17.6 Å². The van der Waals surface area contributed by atoms with E-state index in [-0.39, 0.29) is 27.7 Å². The second-order valence-corrected chi connectivity index (χ2v) is 4.84. The molecule has 0 fully saturated rings. The minimum atomic E-state index is -4.93. The summed E-state index contributed by atoms with van der Waals surface area (Å²) in [6.07, 6.45) is -4.93. The number of hydrogen-bond acceptors (Lipinski definition) is 4. The number of rotatable bonds is 3. The maximum Gasteiger partial charge on any atom is 0.435 e. The third-order valence-electron chi connectivity index (χ3n) is 2.50.